The minimum absolute atomic E-state index is 0.128. The highest BCUT2D eigenvalue weighted by Crippen LogP contribution is 2.33. The fraction of sp³-hybridized carbons (Fsp3) is 0.333. The molecule has 8 heteroatoms. The molecule has 0 heterocycles. The van der Waals surface area contributed by atoms with Gasteiger partial charge >= 0.3 is 12.1 Å². The third-order valence-electron chi connectivity index (χ3n) is 3.64. The Morgan fingerprint density at radius 1 is 1.13 bits per heavy atom. The Balaban J connectivity index is 2.23. The predicted molar refractivity (Wildman–Crippen MR) is 73.0 cm³/mol. The highest BCUT2D eigenvalue weighted by atomic mass is 19.4. The Hall–Kier alpha value is -2.38. The van der Waals surface area contributed by atoms with Crippen LogP contribution in [0.1, 0.15) is 18.4 Å². The summed E-state index contributed by atoms with van der Waals surface area (Å²) in [4.78, 5) is 23.3. The van der Waals surface area contributed by atoms with Crippen LogP contribution in [0.5, 0.6) is 0 Å². The number of carboxylic acid groups (broad SMARTS) is 1. The van der Waals surface area contributed by atoms with Gasteiger partial charge in [-0.15, -0.1) is 0 Å². The Morgan fingerprint density at radius 2 is 1.74 bits per heavy atom. The second kappa shape index (κ2) is 6.39. The fourth-order valence-electron chi connectivity index (χ4n) is 2.40. The number of benzene rings is 1. The van der Waals surface area contributed by atoms with E-state index in [0.717, 1.165) is 0 Å². The minimum atomic E-state index is -4.68. The summed E-state index contributed by atoms with van der Waals surface area (Å²) >= 11 is 0. The zero-order chi connectivity index (χ0) is 17.2. The number of alkyl halides is 3. The van der Waals surface area contributed by atoms with E-state index in [0.29, 0.717) is 18.2 Å². The molecular formula is C15H13F4NO3. The zero-order valence-electron chi connectivity index (χ0n) is 11.7. The molecule has 0 saturated heterocycles. The molecule has 0 saturated carbocycles. The van der Waals surface area contributed by atoms with Crippen LogP contribution in [0.2, 0.25) is 0 Å². The molecule has 2 N–H and O–H groups in total. The number of aliphatic carboxylic acids is 1. The number of rotatable bonds is 3. The summed E-state index contributed by atoms with van der Waals surface area (Å²) in [6, 6.07) is 1.66. The topological polar surface area (TPSA) is 66.4 Å². The molecule has 0 bridgehead atoms. The molecule has 2 unspecified atom stereocenters. The Labute approximate surface area is 128 Å². The average molecular weight is 331 g/mol. The number of nitrogens with one attached hydrogen (secondary N) is 1. The van der Waals surface area contributed by atoms with Gasteiger partial charge < -0.3 is 10.4 Å². The van der Waals surface area contributed by atoms with Gasteiger partial charge in [0.15, 0.2) is 0 Å². The van der Waals surface area contributed by atoms with Crippen molar-refractivity contribution in [1.29, 1.82) is 0 Å². The number of carbonyl (C=O) groups is 2. The van der Waals surface area contributed by atoms with E-state index in [2.05, 4.69) is 5.32 Å². The number of allylic oxidation sites excluding steroid dienone is 2. The van der Waals surface area contributed by atoms with Crippen LogP contribution in [0.15, 0.2) is 30.4 Å². The largest absolute Gasteiger partial charge is 0.481 e. The van der Waals surface area contributed by atoms with Gasteiger partial charge in [-0.2, -0.15) is 13.2 Å². The second-order valence-electron chi connectivity index (χ2n) is 5.18. The lowest BCUT2D eigenvalue weighted by molar-refractivity contribution is -0.146. The number of carbonyl (C=O) groups excluding carboxylic acids is 1. The molecule has 1 amide bonds. The molecular weight excluding hydrogens is 318 g/mol. The fourth-order valence-corrected chi connectivity index (χ4v) is 2.40. The van der Waals surface area contributed by atoms with Crippen molar-refractivity contribution < 1.29 is 32.3 Å². The van der Waals surface area contributed by atoms with Crippen molar-refractivity contribution in [2.24, 2.45) is 11.8 Å². The van der Waals surface area contributed by atoms with Crippen molar-refractivity contribution in [2.75, 3.05) is 5.32 Å². The number of hydrogen-bond acceptors (Lipinski definition) is 2. The van der Waals surface area contributed by atoms with Gasteiger partial charge in [0.1, 0.15) is 5.82 Å². The minimum Gasteiger partial charge on any atom is -0.481 e. The number of anilines is 1. The second-order valence-corrected chi connectivity index (χ2v) is 5.18. The molecule has 0 fully saturated rings. The average Bonchev–Trinajstić information content (AvgIpc) is 2.48. The first kappa shape index (κ1) is 17.0. The SMILES string of the molecule is O=C(O)C1CC=CCC1C(=O)Nc1cc(C(F)(F)F)ccc1F. The summed E-state index contributed by atoms with van der Waals surface area (Å²) < 4.78 is 51.5. The van der Waals surface area contributed by atoms with E-state index in [1.54, 1.807) is 12.2 Å². The molecule has 1 aliphatic rings. The number of carboxylic acids is 1. The summed E-state index contributed by atoms with van der Waals surface area (Å²) in [5.74, 6) is -4.98. The van der Waals surface area contributed by atoms with Crippen molar-refractivity contribution in [2.45, 2.75) is 19.0 Å². The third kappa shape index (κ3) is 3.88. The van der Waals surface area contributed by atoms with E-state index in [1.807, 2.05) is 0 Å². The van der Waals surface area contributed by atoms with Crippen molar-refractivity contribution in [3.8, 4) is 0 Å². The molecule has 0 spiro atoms. The van der Waals surface area contributed by atoms with Gasteiger partial charge in [-0.05, 0) is 31.0 Å². The molecule has 23 heavy (non-hydrogen) atoms. The lowest BCUT2D eigenvalue weighted by Crippen LogP contribution is -2.35. The number of amides is 1. The molecule has 124 valence electrons. The van der Waals surface area contributed by atoms with Crippen LogP contribution in [0, 0.1) is 17.7 Å². The number of halogens is 4. The van der Waals surface area contributed by atoms with Crippen molar-refractivity contribution in [1.82, 2.24) is 0 Å². The Bertz CT molecular complexity index is 655. The van der Waals surface area contributed by atoms with E-state index in [4.69, 9.17) is 5.11 Å². The van der Waals surface area contributed by atoms with Crippen LogP contribution < -0.4 is 5.32 Å². The van der Waals surface area contributed by atoms with Gasteiger partial charge in [0.2, 0.25) is 5.91 Å². The molecule has 1 aliphatic carbocycles. The van der Waals surface area contributed by atoms with Crippen LogP contribution in [0.25, 0.3) is 0 Å². The highest BCUT2D eigenvalue weighted by Gasteiger charge is 2.35. The van der Waals surface area contributed by atoms with E-state index >= 15 is 0 Å². The maximum absolute atomic E-state index is 13.6. The summed E-state index contributed by atoms with van der Waals surface area (Å²) in [5.41, 5.74) is -1.73. The van der Waals surface area contributed by atoms with Gasteiger partial charge in [0.05, 0.1) is 23.1 Å². The molecule has 0 aromatic heterocycles. The van der Waals surface area contributed by atoms with Gasteiger partial charge in [-0.1, -0.05) is 12.2 Å². The lowest BCUT2D eigenvalue weighted by Gasteiger charge is -2.24. The third-order valence-corrected chi connectivity index (χ3v) is 3.64. The molecule has 0 aliphatic heterocycles. The van der Waals surface area contributed by atoms with Crippen LogP contribution in [-0.2, 0) is 15.8 Å². The monoisotopic (exact) mass is 331 g/mol. The summed E-state index contributed by atoms with van der Waals surface area (Å²) in [6.45, 7) is 0. The summed E-state index contributed by atoms with van der Waals surface area (Å²) in [5, 5.41) is 11.2. The summed E-state index contributed by atoms with van der Waals surface area (Å²) in [6.07, 6.45) is -1.17. The van der Waals surface area contributed by atoms with Crippen molar-refractivity contribution in [3.05, 3.63) is 41.7 Å². The normalized spacial score (nSPS) is 21.0. The molecule has 1 aromatic carbocycles. The lowest BCUT2D eigenvalue weighted by atomic mass is 9.82. The predicted octanol–water partition coefficient (Wildman–Crippen LogP) is 3.45. The Morgan fingerprint density at radius 3 is 2.30 bits per heavy atom. The van der Waals surface area contributed by atoms with Crippen LogP contribution in [0.3, 0.4) is 0 Å². The molecule has 2 rings (SSSR count). The Kier molecular flexibility index (Phi) is 4.72. The maximum Gasteiger partial charge on any atom is 0.416 e. The molecule has 1 aromatic rings. The smallest absolute Gasteiger partial charge is 0.416 e. The van der Waals surface area contributed by atoms with Crippen LogP contribution >= 0.6 is 0 Å². The first-order valence-corrected chi connectivity index (χ1v) is 6.75. The van der Waals surface area contributed by atoms with Crippen molar-refractivity contribution >= 4 is 17.6 Å². The van der Waals surface area contributed by atoms with Crippen LogP contribution in [0.4, 0.5) is 23.2 Å². The van der Waals surface area contributed by atoms with Crippen LogP contribution in [-0.4, -0.2) is 17.0 Å². The molecule has 2 atom stereocenters. The molecule has 4 nitrogen and oxygen atoms in total. The highest BCUT2D eigenvalue weighted by molar-refractivity contribution is 5.95. The first-order valence-electron chi connectivity index (χ1n) is 6.75. The van der Waals surface area contributed by atoms with Gasteiger partial charge in [-0.3, -0.25) is 9.59 Å². The van der Waals surface area contributed by atoms with E-state index in [1.165, 1.54) is 0 Å². The maximum atomic E-state index is 13.6. The quantitative estimate of drug-likeness (QED) is 0.658. The zero-order valence-corrected chi connectivity index (χ0v) is 11.7. The van der Waals surface area contributed by atoms with Crippen molar-refractivity contribution in [3.63, 3.8) is 0 Å². The van der Waals surface area contributed by atoms with Gasteiger partial charge in [0, 0.05) is 0 Å². The van der Waals surface area contributed by atoms with E-state index in [-0.39, 0.29) is 12.8 Å². The van der Waals surface area contributed by atoms with E-state index < -0.39 is 47.0 Å². The summed E-state index contributed by atoms with van der Waals surface area (Å²) in [7, 11) is 0. The first-order chi connectivity index (χ1) is 10.7. The van der Waals surface area contributed by atoms with E-state index in [9.17, 15) is 27.2 Å². The molecule has 0 radical (unpaired) electrons. The standard InChI is InChI=1S/C15H13F4NO3/c16-11-6-5-8(15(17,18)19)7-12(11)20-13(21)9-3-1-2-4-10(9)14(22)23/h1-2,5-7,9-10H,3-4H2,(H,20,21)(H,22,23). The van der Waals surface area contributed by atoms with Gasteiger partial charge in [-0.25, -0.2) is 4.39 Å². The number of hydrogen-bond donors (Lipinski definition) is 2. The van der Waals surface area contributed by atoms with Gasteiger partial charge in [0.25, 0.3) is 0 Å².